The molecule has 0 saturated heterocycles. The first-order valence-corrected chi connectivity index (χ1v) is 6.58. The maximum Gasteiger partial charge on any atom is 0.0434 e. The zero-order valence-corrected chi connectivity index (χ0v) is 10.2. The molecule has 0 aliphatic rings. The Morgan fingerprint density at radius 1 is 1.47 bits per heavy atom. The second kappa shape index (κ2) is 7.85. The van der Waals surface area contributed by atoms with Gasteiger partial charge in [-0.25, -0.2) is 0 Å². The van der Waals surface area contributed by atoms with Gasteiger partial charge in [-0.3, -0.25) is 0 Å². The van der Waals surface area contributed by atoms with Crippen LogP contribution in [0.2, 0.25) is 0 Å². The Kier molecular flexibility index (Phi) is 6.64. The van der Waals surface area contributed by atoms with Crippen molar-refractivity contribution in [3.05, 3.63) is 22.4 Å². The van der Waals surface area contributed by atoms with E-state index in [1.807, 2.05) is 0 Å². The Hall–Kier alpha value is -0.380. The van der Waals surface area contributed by atoms with Gasteiger partial charge in [0, 0.05) is 18.0 Å². The molecule has 0 bridgehead atoms. The summed E-state index contributed by atoms with van der Waals surface area (Å²) in [5, 5.41) is 14.5. The molecule has 2 nitrogen and oxygen atoms in total. The predicted octanol–water partition coefficient (Wildman–Crippen LogP) is 2.64. The maximum absolute atomic E-state index is 8.92. The van der Waals surface area contributed by atoms with Crippen molar-refractivity contribution < 1.29 is 5.11 Å². The second-order valence-electron chi connectivity index (χ2n) is 3.88. The lowest BCUT2D eigenvalue weighted by molar-refractivity contribution is 0.248. The molecule has 0 aromatic carbocycles. The lowest BCUT2D eigenvalue weighted by Gasteiger charge is -2.15. The van der Waals surface area contributed by atoms with E-state index in [1.165, 1.54) is 17.7 Å². The molecule has 1 aromatic rings. The van der Waals surface area contributed by atoms with Crippen LogP contribution in [-0.4, -0.2) is 18.3 Å². The Labute approximate surface area is 96.3 Å². The third-order valence-electron chi connectivity index (χ3n) is 2.55. The summed E-state index contributed by atoms with van der Waals surface area (Å²) in [5.41, 5.74) is 0. The van der Waals surface area contributed by atoms with E-state index in [1.54, 1.807) is 11.3 Å². The molecule has 0 saturated carbocycles. The molecule has 15 heavy (non-hydrogen) atoms. The van der Waals surface area contributed by atoms with E-state index in [0.717, 1.165) is 19.5 Å². The van der Waals surface area contributed by atoms with Crippen molar-refractivity contribution in [3.8, 4) is 0 Å². The van der Waals surface area contributed by atoms with Gasteiger partial charge < -0.3 is 10.4 Å². The monoisotopic (exact) mass is 227 g/mol. The Morgan fingerprint density at radius 3 is 2.93 bits per heavy atom. The van der Waals surface area contributed by atoms with Gasteiger partial charge in [0.15, 0.2) is 0 Å². The van der Waals surface area contributed by atoms with Crippen LogP contribution in [0.5, 0.6) is 0 Å². The highest BCUT2D eigenvalue weighted by Crippen LogP contribution is 2.11. The van der Waals surface area contributed by atoms with Gasteiger partial charge >= 0.3 is 0 Å². The van der Waals surface area contributed by atoms with Crippen molar-refractivity contribution in [1.29, 1.82) is 0 Å². The molecule has 0 aliphatic heterocycles. The van der Waals surface area contributed by atoms with Gasteiger partial charge in [0.25, 0.3) is 0 Å². The maximum atomic E-state index is 8.92. The van der Waals surface area contributed by atoms with Crippen LogP contribution in [0.3, 0.4) is 0 Å². The molecule has 1 aromatic heterocycles. The van der Waals surface area contributed by atoms with Crippen LogP contribution < -0.4 is 5.32 Å². The predicted molar refractivity (Wildman–Crippen MR) is 66.1 cm³/mol. The quantitative estimate of drug-likeness (QED) is 0.715. The lowest BCUT2D eigenvalue weighted by Crippen LogP contribution is -2.22. The van der Waals surface area contributed by atoms with Crippen molar-refractivity contribution in [2.45, 2.75) is 32.7 Å². The molecular weight excluding hydrogens is 206 g/mol. The zero-order chi connectivity index (χ0) is 10.9. The summed E-state index contributed by atoms with van der Waals surface area (Å²) in [4.78, 5) is 1.38. The highest BCUT2D eigenvalue weighted by Gasteiger charge is 2.06. The molecule has 0 fully saturated rings. The van der Waals surface area contributed by atoms with E-state index in [2.05, 4.69) is 29.8 Å². The average Bonchev–Trinajstić information content (AvgIpc) is 2.71. The summed E-state index contributed by atoms with van der Waals surface area (Å²) in [6, 6.07) is 4.23. The molecule has 2 N–H and O–H groups in total. The smallest absolute Gasteiger partial charge is 0.0434 e. The first-order chi connectivity index (χ1) is 7.36. The van der Waals surface area contributed by atoms with Crippen molar-refractivity contribution in [2.75, 3.05) is 13.2 Å². The number of hydrogen-bond acceptors (Lipinski definition) is 3. The van der Waals surface area contributed by atoms with Crippen molar-refractivity contribution in [2.24, 2.45) is 5.92 Å². The Balaban J connectivity index is 2.15. The summed E-state index contributed by atoms with van der Waals surface area (Å²) in [6.07, 6.45) is 3.33. The van der Waals surface area contributed by atoms with Crippen LogP contribution in [-0.2, 0) is 6.54 Å². The third-order valence-corrected chi connectivity index (χ3v) is 3.42. The molecule has 0 spiro atoms. The fraction of sp³-hybridized carbons (Fsp3) is 0.667. The number of aliphatic hydroxyl groups excluding tert-OH is 1. The Bertz CT molecular complexity index is 230. The van der Waals surface area contributed by atoms with E-state index < -0.39 is 0 Å². The van der Waals surface area contributed by atoms with E-state index in [0.29, 0.717) is 12.5 Å². The molecule has 1 rings (SSSR count). The summed E-state index contributed by atoms with van der Waals surface area (Å²) >= 11 is 1.79. The minimum Gasteiger partial charge on any atom is -0.396 e. The summed E-state index contributed by atoms with van der Waals surface area (Å²) in [6.45, 7) is 4.49. The van der Waals surface area contributed by atoms with Gasteiger partial charge in [0.1, 0.15) is 0 Å². The van der Waals surface area contributed by atoms with E-state index >= 15 is 0 Å². The topological polar surface area (TPSA) is 32.3 Å². The van der Waals surface area contributed by atoms with Crippen LogP contribution in [0.25, 0.3) is 0 Å². The summed E-state index contributed by atoms with van der Waals surface area (Å²) < 4.78 is 0. The van der Waals surface area contributed by atoms with E-state index in [-0.39, 0.29) is 0 Å². The van der Waals surface area contributed by atoms with E-state index in [4.69, 9.17) is 5.11 Å². The van der Waals surface area contributed by atoms with Crippen molar-refractivity contribution in [3.63, 3.8) is 0 Å². The van der Waals surface area contributed by atoms with Crippen LogP contribution >= 0.6 is 11.3 Å². The van der Waals surface area contributed by atoms with Crippen molar-refractivity contribution >= 4 is 11.3 Å². The molecule has 1 unspecified atom stereocenters. The van der Waals surface area contributed by atoms with Crippen LogP contribution in [0.1, 0.15) is 31.1 Å². The Morgan fingerprint density at radius 2 is 2.33 bits per heavy atom. The lowest BCUT2D eigenvalue weighted by atomic mass is 10.0. The average molecular weight is 227 g/mol. The van der Waals surface area contributed by atoms with Gasteiger partial charge in [-0.05, 0) is 36.8 Å². The zero-order valence-electron chi connectivity index (χ0n) is 9.41. The summed E-state index contributed by atoms with van der Waals surface area (Å²) in [7, 11) is 0. The SMILES string of the molecule is CCCC(CCO)CNCc1cccs1. The van der Waals surface area contributed by atoms with E-state index in [9.17, 15) is 0 Å². The van der Waals surface area contributed by atoms with Crippen LogP contribution in [0.4, 0.5) is 0 Å². The number of rotatable bonds is 8. The molecule has 86 valence electrons. The first kappa shape index (κ1) is 12.7. The minimum absolute atomic E-state index is 0.311. The largest absolute Gasteiger partial charge is 0.396 e. The minimum atomic E-state index is 0.311. The first-order valence-electron chi connectivity index (χ1n) is 5.70. The van der Waals surface area contributed by atoms with Gasteiger partial charge in [-0.15, -0.1) is 11.3 Å². The molecule has 1 heterocycles. The summed E-state index contributed by atoms with van der Waals surface area (Å²) in [5.74, 6) is 0.625. The molecule has 0 radical (unpaired) electrons. The standard InChI is InChI=1S/C12H21NOS/c1-2-4-11(6-7-14)9-13-10-12-5-3-8-15-12/h3,5,8,11,13-14H,2,4,6-7,9-10H2,1H3. The molecule has 0 amide bonds. The van der Waals surface area contributed by atoms with Gasteiger partial charge in [-0.2, -0.15) is 0 Å². The van der Waals surface area contributed by atoms with Crippen molar-refractivity contribution in [1.82, 2.24) is 5.32 Å². The fourth-order valence-electron chi connectivity index (χ4n) is 1.75. The fourth-order valence-corrected chi connectivity index (χ4v) is 2.43. The van der Waals surface area contributed by atoms with Crippen LogP contribution in [0.15, 0.2) is 17.5 Å². The van der Waals surface area contributed by atoms with Gasteiger partial charge in [0.2, 0.25) is 0 Å². The normalized spacial score (nSPS) is 12.9. The number of thiophene rings is 1. The third kappa shape index (κ3) is 5.30. The number of aliphatic hydroxyl groups is 1. The number of nitrogens with one attached hydrogen (secondary N) is 1. The second-order valence-corrected chi connectivity index (χ2v) is 4.91. The molecule has 3 heteroatoms. The van der Waals surface area contributed by atoms with Gasteiger partial charge in [0.05, 0.1) is 0 Å². The molecule has 1 atom stereocenters. The molecule has 0 aliphatic carbocycles. The van der Waals surface area contributed by atoms with Gasteiger partial charge in [-0.1, -0.05) is 19.4 Å². The highest BCUT2D eigenvalue weighted by molar-refractivity contribution is 7.09. The molecular formula is C12H21NOS. The van der Waals surface area contributed by atoms with Crippen LogP contribution in [0, 0.1) is 5.92 Å². The number of hydrogen-bond donors (Lipinski definition) is 2. The highest BCUT2D eigenvalue weighted by atomic mass is 32.1.